The van der Waals surface area contributed by atoms with Crippen LogP contribution in [0.15, 0.2) is 42.7 Å². The lowest BCUT2D eigenvalue weighted by atomic mass is 9.85. The monoisotopic (exact) mass is 255 g/mol. The molecule has 2 N–H and O–H groups in total. The number of nitrogens with zero attached hydrogens (tertiary/aromatic N) is 2. The fourth-order valence-corrected chi connectivity index (χ4v) is 2.89. The number of aromatic nitrogens is 2. The molecule has 3 nitrogen and oxygen atoms in total. The lowest BCUT2D eigenvalue weighted by Gasteiger charge is -2.22. The average Bonchev–Trinajstić information content (AvgIpc) is 3.14. The Bertz CT molecular complexity index is 540. The molecule has 19 heavy (non-hydrogen) atoms. The van der Waals surface area contributed by atoms with E-state index in [1.54, 1.807) is 0 Å². The third-order valence-corrected chi connectivity index (χ3v) is 4.20. The van der Waals surface area contributed by atoms with Crippen LogP contribution in [0.3, 0.4) is 0 Å². The Hall–Kier alpha value is -1.61. The van der Waals surface area contributed by atoms with Crippen LogP contribution in [-0.4, -0.2) is 9.78 Å². The number of aryl methyl sites for hydroxylation is 1. The standard InChI is InChI=1S/C16H21N3/c1-2-10-19-12-13(11-18-19)15(17)16(8-9-16)14-6-4-3-5-7-14/h3-7,11-12,15H,2,8-10,17H2,1H3. The van der Waals surface area contributed by atoms with Gasteiger partial charge in [0.05, 0.1) is 6.20 Å². The number of hydrogen-bond donors (Lipinski definition) is 1. The lowest BCUT2D eigenvalue weighted by molar-refractivity contribution is 0.539. The molecule has 1 fully saturated rings. The molecule has 1 heterocycles. The van der Waals surface area contributed by atoms with E-state index in [4.69, 9.17) is 5.73 Å². The fourth-order valence-electron chi connectivity index (χ4n) is 2.89. The molecular formula is C16H21N3. The summed E-state index contributed by atoms with van der Waals surface area (Å²) in [5.41, 5.74) is 9.19. The van der Waals surface area contributed by atoms with Gasteiger partial charge in [0.15, 0.2) is 0 Å². The first-order chi connectivity index (χ1) is 9.26. The summed E-state index contributed by atoms with van der Waals surface area (Å²) < 4.78 is 2.00. The highest BCUT2D eigenvalue weighted by molar-refractivity contribution is 5.37. The van der Waals surface area contributed by atoms with Crippen molar-refractivity contribution in [2.45, 2.75) is 44.2 Å². The fraction of sp³-hybridized carbons (Fsp3) is 0.438. The molecule has 0 saturated heterocycles. The van der Waals surface area contributed by atoms with E-state index in [9.17, 15) is 0 Å². The smallest absolute Gasteiger partial charge is 0.0537 e. The van der Waals surface area contributed by atoms with E-state index in [1.165, 1.54) is 18.4 Å². The number of nitrogens with two attached hydrogens (primary N) is 1. The molecule has 1 saturated carbocycles. The highest BCUT2D eigenvalue weighted by Gasteiger charge is 2.49. The van der Waals surface area contributed by atoms with Gasteiger partial charge in [0.25, 0.3) is 0 Å². The van der Waals surface area contributed by atoms with Crippen LogP contribution in [0.5, 0.6) is 0 Å². The Kier molecular flexibility index (Phi) is 3.15. The molecule has 0 radical (unpaired) electrons. The molecule has 1 aromatic carbocycles. The quantitative estimate of drug-likeness (QED) is 0.892. The van der Waals surface area contributed by atoms with Gasteiger partial charge >= 0.3 is 0 Å². The van der Waals surface area contributed by atoms with Crippen molar-refractivity contribution in [1.82, 2.24) is 9.78 Å². The van der Waals surface area contributed by atoms with Gasteiger partial charge in [0.1, 0.15) is 0 Å². The van der Waals surface area contributed by atoms with Crippen LogP contribution in [0.1, 0.15) is 43.4 Å². The normalized spacial score (nSPS) is 18.2. The molecule has 0 spiro atoms. The van der Waals surface area contributed by atoms with Crippen molar-refractivity contribution in [3.63, 3.8) is 0 Å². The third kappa shape index (κ3) is 2.19. The first-order valence-corrected chi connectivity index (χ1v) is 7.10. The Morgan fingerprint density at radius 1 is 1.32 bits per heavy atom. The minimum absolute atomic E-state index is 0.0560. The van der Waals surface area contributed by atoms with Crippen molar-refractivity contribution < 1.29 is 0 Å². The second-order valence-electron chi connectivity index (χ2n) is 5.54. The zero-order valence-corrected chi connectivity index (χ0v) is 11.4. The van der Waals surface area contributed by atoms with Crippen molar-refractivity contribution in [2.75, 3.05) is 0 Å². The van der Waals surface area contributed by atoms with Crippen LogP contribution in [-0.2, 0) is 12.0 Å². The van der Waals surface area contributed by atoms with E-state index in [1.807, 2.05) is 10.9 Å². The zero-order chi connectivity index (χ0) is 13.3. The Labute approximate surface area is 114 Å². The Morgan fingerprint density at radius 2 is 2.05 bits per heavy atom. The lowest BCUT2D eigenvalue weighted by Crippen LogP contribution is -2.26. The van der Waals surface area contributed by atoms with E-state index in [-0.39, 0.29) is 11.5 Å². The van der Waals surface area contributed by atoms with Crippen LogP contribution in [0, 0.1) is 0 Å². The molecule has 1 aromatic heterocycles. The van der Waals surface area contributed by atoms with Crippen LogP contribution in [0.4, 0.5) is 0 Å². The minimum atomic E-state index is 0.0560. The molecule has 0 amide bonds. The maximum atomic E-state index is 6.52. The van der Waals surface area contributed by atoms with E-state index in [0.29, 0.717) is 0 Å². The van der Waals surface area contributed by atoms with Gasteiger partial charge in [-0.2, -0.15) is 5.10 Å². The predicted molar refractivity (Wildman–Crippen MR) is 76.8 cm³/mol. The van der Waals surface area contributed by atoms with Gasteiger partial charge < -0.3 is 5.73 Å². The van der Waals surface area contributed by atoms with Gasteiger partial charge in [0, 0.05) is 29.8 Å². The van der Waals surface area contributed by atoms with E-state index < -0.39 is 0 Å². The second-order valence-corrected chi connectivity index (χ2v) is 5.54. The summed E-state index contributed by atoms with van der Waals surface area (Å²) in [6.07, 6.45) is 7.50. The molecular weight excluding hydrogens is 234 g/mol. The summed E-state index contributed by atoms with van der Waals surface area (Å²) in [5.74, 6) is 0. The summed E-state index contributed by atoms with van der Waals surface area (Å²) in [6, 6.07) is 10.7. The SMILES string of the molecule is CCCn1cc(C(N)C2(c3ccccc3)CC2)cn1. The predicted octanol–water partition coefficient (Wildman–Crippen LogP) is 3.02. The van der Waals surface area contributed by atoms with Gasteiger partial charge in [-0.25, -0.2) is 0 Å². The maximum absolute atomic E-state index is 6.52. The number of benzene rings is 1. The van der Waals surface area contributed by atoms with Gasteiger partial charge in [-0.3, -0.25) is 4.68 Å². The maximum Gasteiger partial charge on any atom is 0.0537 e. The largest absolute Gasteiger partial charge is 0.323 e. The molecule has 3 heteroatoms. The van der Waals surface area contributed by atoms with Crippen LogP contribution in [0.2, 0.25) is 0 Å². The average molecular weight is 255 g/mol. The Balaban J connectivity index is 1.85. The van der Waals surface area contributed by atoms with Crippen LogP contribution < -0.4 is 5.73 Å². The van der Waals surface area contributed by atoms with Crippen molar-refractivity contribution >= 4 is 0 Å². The van der Waals surface area contributed by atoms with Crippen LogP contribution in [0.25, 0.3) is 0 Å². The molecule has 0 aliphatic heterocycles. The summed E-state index contributed by atoms with van der Waals surface area (Å²) in [5, 5.41) is 4.40. The topological polar surface area (TPSA) is 43.8 Å². The molecule has 1 aliphatic rings. The first kappa shape index (κ1) is 12.4. The summed E-state index contributed by atoms with van der Waals surface area (Å²) in [4.78, 5) is 0. The number of rotatable bonds is 5. The van der Waals surface area contributed by atoms with Crippen molar-refractivity contribution in [3.8, 4) is 0 Å². The van der Waals surface area contributed by atoms with Gasteiger partial charge in [-0.15, -0.1) is 0 Å². The molecule has 1 atom stereocenters. The van der Waals surface area contributed by atoms with Gasteiger partial charge in [0.2, 0.25) is 0 Å². The zero-order valence-electron chi connectivity index (χ0n) is 11.4. The van der Waals surface area contributed by atoms with Crippen molar-refractivity contribution in [1.29, 1.82) is 0 Å². The summed E-state index contributed by atoms with van der Waals surface area (Å²) >= 11 is 0. The molecule has 3 rings (SSSR count). The van der Waals surface area contributed by atoms with Gasteiger partial charge in [-0.1, -0.05) is 37.3 Å². The van der Waals surface area contributed by atoms with Crippen LogP contribution >= 0.6 is 0 Å². The Morgan fingerprint density at radius 3 is 2.68 bits per heavy atom. The summed E-state index contributed by atoms with van der Waals surface area (Å²) in [7, 11) is 0. The molecule has 2 aromatic rings. The molecule has 1 aliphatic carbocycles. The number of hydrogen-bond acceptors (Lipinski definition) is 2. The first-order valence-electron chi connectivity index (χ1n) is 7.10. The van der Waals surface area contributed by atoms with Crippen molar-refractivity contribution in [2.24, 2.45) is 5.73 Å². The van der Waals surface area contributed by atoms with E-state index in [0.717, 1.165) is 18.5 Å². The summed E-state index contributed by atoms with van der Waals surface area (Å²) in [6.45, 7) is 3.12. The third-order valence-electron chi connectivity index (χ3n) is 4.20. The van der Waals surface area contributed by atoms with Gasteiger partial charge in [-0.05, 0) is 24.8 Å². The van der Waals surface area contributed by atoms with E-state index >= 15 is 0 Å². The highest BCUT2D eigenvalue weighted by atomic mass is 15.3. The van der Waals surface area contributed by atoms with E-state index in [2.05, 4.69) is 48.6 Å². The molecule has 100 valence electrons. The van der Waals surface area contributed by atoms with Crippen molar-refractivity contribution in [3.05, 3.63) is 53.9 Å². The minimum Gasteiger partial charge on any atom is -0.323 e. The molecule has 1 unspecified atom stereocenters. The highest BCUT2D eigenvalue weighted by Crippen LogP contribution is 2.55. The second kappa shape index (κ2) is 4.82. The molecule has 0 bridgehead atoms.